The maximum absolute atomic E-state index is 13.2. The molecule has 0 atom stereocenters. The topological polar surface area (TPSA) is 133 Å². The number of hydrogen-bond donors (Lipinski definition) is 2. The number of rotatable bonds is 11. The van der Waals surface area contributed by atoms with Crippen LogP contribution in [-0.4, -0.2) is 50.3 Å². The average molecular weight is 559 g/mol. The number of amides is 1. The highest BCUT2D eigenvalue weighted by Crippen LogP contribution is 2.31. The van der Waals surface area contributed by atoms with Crippen molar-refractivity contribution in [3.63, 3.8) is 0 Å². The van der Waals surface area contributed by atoms with E-state index in [0.29, 0.717) is 36.4 Å². The van der Waals surface area contributed by atoms with Gasteiger partial charge >= 0.3 is 12.1 Å². The molecule has 0 bridgehead atoms. The number of aromatic nitrogens is 5. The molecule has 0 saturated heterocycles. The third-order valence-corrected chi connectivity index (χ3v) is 5.75. The minimum atomic E-state index is -4.98. The van der Waals surface area contributed by atoms with Crippen molar-refractivity contribution in [3.05, 3.63) is 98.8 Å². The second kappa shape index (κ2) is 12.4. The first kappa shape index (κ1) is 28.3. The first-order valence-electron chi connectivity index (χ1n) is 12.1. The number of methoxy groups -OCH3 is 1. The van der Waals surface area contributed by atoms with Gasteiger partial charge in [-0.25, -0.2) is 4.79 Å². The van der Waals surface area contributed by atoms with Crippen LogP contribution >= 0.6 is 0 Å². The summed E-state index contributed by atoms with van der Waals surface area (Å²) in [6.45, 7) is 0.629. The molecule has 1 aromatic carbocycles. The maximum atomic E-state index is 13.2. The molecule has 0 spiro atoms. The molecule has 3 aromatic heterocycles. The van der Waals surface area contributed by atoms with Crippen molar-refractivity contribution in [1.29, 1.82) is 0 Å². The fourth-order valence-electron chi connectivity index (χ4n) is 3.82. The Balaban J connectivity index is 1.50. The molecule has 0 aliphatic carbocycles. The molecule has 0 saturated carbocycles. The number of hydrogen-bond acceptors (Lipinski definition) is 7. The van der Waals surface area contributed by atoms with Gasteiger partial charge in [0.05, 0.1) is 18.4 Å². The lowest BCUT2D eigenvalue weighted by Gasteiger charge is -2.15. The van der Waals surface area contributed by atoms with E-state index in [1.807, 2.05) is 0 Å². The number of aromatic amines is 1. The second-order valence-corrected chi connectivity index (χ2v) is 8.63. The minimum absolute atomic E-state index is 0.0211. The van der Waals surface area contributed by atoms with E-state index >= 15 is 0 Å². The molecule has 210 valence electrons. The van der Waals surface area contributed by atoms with Crippen LogP contribution in [0.3, 0.4) is 0 Å². The van der Waals surface area contributed by atoms with Crippen molar-refractivity contribution in [2.45, 2.75) is 32.4 Å². The lowest BCUT2D eigenvalue weighted by Crippen LogP contribution is -2.38. The largest absolute Gasteiger partial charge is 0.573 e. The van der Waals surface area contributed by atoms with Crippen LogP contribution in [-0.2, 0) is 24.4 Å². The van der Waals surface area contributed by atoms with Gasteiger partial charge in [-0.3, -0.25) is 23.8 Å². The van der Waals surface area contributed by atoms with E-state index in [0.717, 1.165) is 10.6 Å². The predicted octanol–water partition coefficient (Wildman–Crippen LogP) is 2.71. The molecule has 0 aliphatic rings. The van der Waals surface area contributed by atoms with Gasteiger partial charge in [-0.2, -0.15) is 5.10 Å². The van der Waals surface area contributed by atoms with Crippen LogP contribution < -0.4 is 21.3 Å². The minimum Gasteiger partial charge on any atom is -0.405 e. The first-order valence-corrected chi connectivity index (χ1v) is 12.1. The molecule has 4 aromatic rings. The summed E-state index contributed by atoms with van der Waals surface area (Å²) in [6, 6.07) is 10.1. The molecule has 4 rings (SSSR count). The van der Waals surface area contributed by atoms with E-state index in [9.17, 15) is 27.6 Å². The number of aryl methyl sites for hydroxylation is 1. The molecule has 1 amide bonds. The first-order chi connectivity index (χ1) is 19.1. The highest BCUT2D eigenvalue weighted by molar-refractivity contribution is 5.92. The summed E-state index contributed by atoms with van der Waals surface area (Å²) in [4.78, 5) is 44.0. The molecule has 3 heterocycles. The van der Waals surface area contributed by atoms with E-state index in [1.165, 1.54) is 24.5 Å². The third kappa shape index (κ3) is 7.44. The number of nitrogens with one attached hydrogen (secondary N) is 2. The van der Waals surface area contributed by atoms with E-state index in [1.54, 1.807) is 42.3 Å². The number of carbonyl (C=O) groups excluding carboxylic acids is 1. The Bertz CT molecular complexity index is 1550. The summed E-state index contributed by atoms with van der Waals surface area (Å²) >= 11 is 0. The Labute approximate surface area is 225 Å². The maximum Gasteiger partial charge on any atom is 0.573 e. The Morgan fingerprint density at radius 1 is 1.12 bits per heavy atom. The third-order valence-electron chi connectivity index (χ3n) is 5.75. The van der Waals surface area contributed by atoms with Gasteiger partial charge in [-0.15, -0.1) is 13.2 Å². The van der Waals surface area contributed by atoms with Gasteiger partial charge in [0.15, 0.2) is 0 Å². The lowest BCUT2D eigenvalue weighted by molar-refractivity contribution is -0.274. The Morgan fingerprint density at radius 2 is 1.95 bits per heavy atom. The van der Waals surface area contributed by atoms with Crippen molar-refractivity contribution >= 4 is 5.91 Å². The quantitative estimate of drug-likeness (QED) is 0.271. The van der Waals surface area contributed by atoms with Crippen LogP contribution in [0.5, 0.6) is 5.75 Å². The van der Waals surface area contributed by atoms with E-state index in [4.69, 9.17) is 4.74 Å². The predicted molar refractivity (Wildman–Crippen MR) is 137 cm³/mol. The van der Waals surface area contributed by atoms with Gasteiger partial charge in [0.25, 0.3) is 11.5 Å². The number of H-pyrrole nitrogens is 1. The highest BCUT2D eigenvalue weighted by atomic mass is 19.4. The van der Waals surface area contributed by atoms with Crippen LogP contribution in [0.4, 0.5) is 13.2 Å². The number of pyridine rings is 1. The van der Waals surface area contributed by atoms with Crippen molar-refractivity contribution in [2.75, 3.05) is 13.7 Å². The van der Waals surface area contributed by atoms with Gasteiger partial charge in [0.2, 0.25) is 0 Å². The standard InChI is InChI=1S/C26H25F3N6O5/c1-39-10-4-9-34-15-19(14-32-34)17-6-7-18(22(11-17)40-26(27,28)29)13-31-24(37)21-12-23(36)35(25(38)33-21)16-20-5-2-3-8-30-20/h2-3,5-8,11-12,14-15H,4,9-10,13,16H2,1H3,(H,31,37)(H,33,38). The zero-order chi connectivity index (χ0) is 28.7. The molecule has 0 unspecified atom stereocenters. The Kier molecular flexibility index (Phi) is 8.79. The summed E-state index contributed by atoms with van der Waals surface area (Å²) in [5.74, 6) is -1.38. The summed E-state index contributed by atoms with van der Waals surface area (Å²) in [7, 11) is 1.58. The molecule has 0 aliphatic heterocycles. The normalized spacial score (nSPS) is 11.4. The van der Waals surface area contributed by atoms with Crippen LogP contribution in [0.2, 0.25) is 0 Å². The van der Waals surface area contributed by atoms with Gasteiger partial charge in [0.1, 0.15) is 11.4 Å². The summed E-state index contributed by atoms with van der Waals surface area (Å²) < 4.78 is 51.2. The Morgan fingerprint density at radius 3 is 2.65 bits per heavy atom. The summed E-state index contributed by atoms with van der Waals surface area (Å²) in [6.07, 6.45) is 0.454. The van der Waals surface area contributed by atoms with Crippen molar-refractivity contribution in [1.82, 2.24) is 29.6 Å². The average Bonchev–Trinajstić information content (AvgIpc) is 3.38. The lowest BCUT2D eigenvalue weighted by atomic mass is 10.1. The zero-order valence-corrected chi connectivity index (χ0v) is 21.3. The molecule has 11 nitrogen and oxygen atoms in total. The summed E-state index contributed by atoms with van der Waals surface area (Å²) in [5.41, 5.74) is -0.441. The van der Waals surface area contributed by atoms with Crippen LogP contribution in [0, 0.1) is 0 Å². The molecule has 0 fully saturated rings. The monoisotopic (exact) mass is 558 g/mol. The van der Waals surface area contributed by atoms with E-state index in [-0.39, 0.29) is 24.3 Å². The van der Waals surface area contributed by atoms with Gasteiger partial charge in [-0.1, -0.05) is 18.2 Å². The molecular weight excluding hydrogens is 533 g/mol. The van der Waals surface area contributed by atoms with Crippen molar-refractivity contribution in [2.24, 2.45) is 0 Å². The van der Waals surface area contributed by atoms with E-state index < -0.39 is 29.3 Å². The highest BCUT2D eigenvalue weighted by Gasteiger charge is 2.32. The fourth-order valence-corrected chi connectivity index (χ4v) is 3.82. The molecule has 0 radical (unpaired) electrons. The number of halogens is 3. The number of nitrogens with zero attached hydrogens (tertiary/aromatic N) is 4. The summed E-state index contributed by atoms with van der Waals surface area (Å²) in [5, 5.41) is 6.62. The molecule has 40 heavy (non-hydrogen) atoms. The number of alkyl halides is 3. The van der Waals surface area contributed by atoms with Crippen molar-refractivity contribution < 1.29 is 27.4 Å². The molecule has 14 heteroatoms. The van der Waals surface area contributed by atoms with Crippen molar-refractivity contribution in [3.8, 4) is 16.9 Å². The van der Waals surface area contributed by atoms with Gasteiger partial charge < -0.3 is 19.8 Å². The zero-order valence-electron chi connectivity index (χ0n) is 21.3. The Hall–Kier alpha value is -4.72. The second-order valence-electron chi connectivity index (χ2n) is 8.63. The number of ether oxygens (including phenoxy) is 2. The smallest absolute Gasteiger partial charge is 0.405 e. The van der Waals surface area contributed by atoms with Gasteiger partial charge in [0, 0.05) is 56.4 Å². The van der Waals surface area contributed by atoms with Crippen LogP contribution in [0.25, 0.3) is 11.1 Å². The van der Waals surface area contributed by atoms with Crippen LogP contribution in [0.1, 0.15) is 28.2 Å². The van der Waals surface area contributed by atoms with Crippen LogP contribution in [0.15, 0.2) is 70.6 Å². The number of carbonyl (C=O) groups is 1. The van der Waals surface area contributed by atoms with Gasteiger partial charge in [-0.05, 0) is 30.2 Å². The van der Waals surface area contributed by atoms with E-state index in [2.05, 4.69) is 25.1 Å². The molecular formula is C26H25F3N6O5. The number of benzene rings is 1. The SMILES string of the molecule is COCCCn1cc(-c2ccc(CNC(=O)c3cc(=O)n(Cc4ccccn4)c(=O)[nH]3)c(OC(F)(F)F)c2)cn1. The fraction of sp³-hybridized carbons (Fsp3) is 0.269. The molecule has 2 N–H and O–H groups in total.